The molecule has 2 atom stereocenters. The van der Waals surface area contributed by atoms with Gasteiger partial charge < -0.3 is 15.6 Å². The third-order valence-electron chi connectivity index (χ3n) is 3.98. The highest BCUT2D eigenvalue weighted by atomic mass is 19.4. The minimum absolute atomic E-state index is 0.241. The van der Waals surface area contributed by atoms with Gasteiger partial charge in [-0.1, -0.05) is 18.6 Å². The molecule has 0 aromatic heterocycles. The Morgan fingerprint density at radius 1 is 1.30 bits per heavy atom. The first-order valence-electron chi connectivity index (χ1n) is 6.57. The van der Waals surface area contributed by atoms with E-state index >= 15 is 0 Å². The summed E-state index contributed by atoms with van der Waals surface area (Å²) < 4.78 is 40.0. The van der Waals surface area contributed by atoms with Crippen molar-refractivity contribution in [3.05, 3.63) is 29.8 Å². The summed E-state index contributed by atoms with van der Waals surface area (Å²) in [6, 6.07) is 5.75. The lowest BCUT2D eigenvalue weighted by Gasteiger charge is -2.31. The highest BCUT2D eigenvalue weighted by Crippen LogP contribution is 2.40. The Labute approximate surface area is 115 Å². The molecule has 1 aromatic carbocycles. The molecular weight excluding hydrogens is 271 g/mol. The number of halogens is 3. The van der Waals surface area contributed by atoms with E-state index in [1.807, 2.05) is 0 Å². The third kappa shape index (κ3) is 3.43. The van der Waals surface area contributed by atoms with Crippen molar-refractivity contribution in [3.8, 4) is 5.75 Å². The van der Waals surface area contributed by atoms with Crippen LogP contribution in [0, 0.1) is 5.41 Å². The van der Waals surface area contributed by atoms with Gasteiger partial charge in [0.05, 0.1) is 6.10 Å². The van der Waals surface area contributed by atoms with Crippen molar-refractivity contribution in [3.63, 3.8) is 0 Å². The van der Waals surface area contributed by atoms with E-state index in [1.54, 1.807) is 12.1 Å². The molecule has 3 nitrogen and oxygen atoms in total. The molecule has 112 valence electrons. The van der Waals surface area contributed by atoms with Crippen molar-refractivity contribution in [2.45, 2.75) is 38.1 Å². The predicted molar refractivity (Wildman–Crippen MR) is 68.2 cm³/mol. The molecule has 0 saturated heterocycles. The van der Waals surface area contributed by atoms with E-state index in [4.69, 9.17) is 5.73 Å². The molecule has 1 aliphatic carbocycles. The van der Waals surface area contributed by atoms with Crippen molar-refractivity contribution in [2.75, 3.05) is 6.54 Å². The average molecular weight is 289 g/mol. The highest BCUT2D eigenvalue weighted by Gasteiger charge is 2.40. The molecule has 3 N–H and O–H groups in total. The number of ether oxygens (including phenoxy) is 1. The molecule has 0 aliphatic heterocycles. The molecule has 0 spiro atoms. The zero-order valence-electron chi connectivity index (χ0n) is 11.0. The molecule has 0 amide bonds. The van der Waals surface area contributed by atoms with Gasteiger partial charge in [-0.15, -0.1) is 13.2 Å². The zero-order valence-corrected chi connectivity index (χ0v) is 11.0. The minimum atomic E-state index is -4.68. The number of benzene rings is 1. The number of hydrogen-bond donors (Lipinski definition) is 2. The van der Waals surface area contributed by atoms with Crippen LogP contribution >= 0.6 is 0 Å². The molecule has 1 saturated carbocycles. The van der Waals surface area contributed by atoms with Crippen LogP contribution in [0.15, 0.2) is 24.3 Å². The smallest absolute Gasteiger partial charge is 0.406 e. The maximum atomic E-state index is 12.1. The second-order valence-electron chi connectivity index (χ2n) is 5.34. The van der Waals surface area contributed by atoms with Crippen LogP contribution < -0.4 is 10.5 Å². The van der Waals surface area contributed by atoms with Crippen molar-refractivity contribution in [1.82, 2.24) is 0 Å². The first kappa shape index (κ1) is 15.1. The van der Waals surface area contributed by atoms with Crippen molar-refractivity contribution < 1.29 is 23.0 Å². The van der Waals surface area contributed by atoms with E-state index < -0.39 is 12.5 Å². The Kier molecular flexibility index (Phi) is 4.25. The van der Waals surface area contributed by atoms with E-state index in [0.29, 0.717) is 13.0 Å². The molecule has 0 bridgehead atoms. The van der Waals surface area contributed by atoms with E-state index in [1.165, 1.54) is 12.1 Å². The van der Waals surface area contributed by atoms with Crippen LogP contribution in [-0.2, 0) is 6.42 Å². The average Bonchev–Trinajstić information content (AvgIpc) is 2.72. The SMILES string of the molecule is NCC1(Cc2ccc(OC(F)(F)F)cc2)CCCC1O. The lowest BCUT2D eigenvalue weighted by molar-refractivity contribution is -0.274. The molecule has 2 unspecified atom stereocenters. The molecule has 0 heterocycles. The van der Waals surface area contributed by atoms with Crippen molar-refractivity contribution in [1.29, 1.82) is 0 Å². The van der Waals surface area contributed by atoms with Gasteiger partial charge >= 0.3 is 6.36 Å². The quantitative estimate of drug-likeness (QED) is 0.896. The van der Waals surface area contributed by atoms with Crippen LogP contribution in [0.2, 0.25) is 0 Å². The summed E-state index contributed by atoms with van der Waals surface area (Å²) in [6.45, 7) is 0.370. The third-order valence-corrected chi connectivity index (χ3v) is 3.98. The number of rotatable bonds is 4. The molecule has 20 heavy (non-hydrogen) atoms. The first-order chi connectivity index (χ1) is 9.35. The Morgan fingerprint density at radius 3 is 2.40 bits per heavy atom. The number of aliphatic hydroxyl groups excluding tert-OH is 1. The van der Waals surface area contributed by atoms with Gasteiger partial charge in [0.25, 0.3) is 0 Å². The van der Waals surface area contributed by atoms with Gasteiger partial charge in [-0.05, 0) is 37.0 Å². The summed E-state index contributed by atoms with van der Waals surface area (Å²) in [6.07, 6.45) is -2.07. The van der Waals surface area contributed by atoms with Crippen LogP contribution in [0.4, 0.5) is 13.2 Å². The van der Waals surface area contributed by atoms with E-state index in [9.17, 15) is 18.3 Å². The van der Waals surface area contributed by atoms with Gasteiger partial charge in [0, 0.05) is 12.0 Å². The van der Waals surface area contributed by atoms with Gasteiger partial charge in [-0.2, -0.15) is 0 Å². The largest absolute Gasteiger partial charge is 0.573 e. The molecule has 6 heteroatoms. The summed E-state index contributed by atoms with van der Waals surface area (Å²) in [4.78, 5) is 0. The first-order valence-corrected chi connectivity index (χ1v) is 6.57. The fraction of sp³-hybridized carbons (Fsp3) is 0.571. The Balaban J connectivity index is 2.07. The fourth-order valence-electron chi connectivity index (χ4n) is 2.85. The summed E-state index contributed by atoms with van der Waals surface area (Å²) in [7, 11) is 0. The summed E-state index contributed by atoms with van der Waals surface area (Å²) in [5.74, 6) is -0.241. The number of hydrogen-bond acceptors (Lipinski definition) is 3. The maximum Gasteiger partial charge on any atom is 0.573 e. The Bertz CT molecular complexity index is 447. The molecule has 1 aromatic rings. The van der Waals surface area contributed by atoms with E-state index in [0.717, 1.165) is 24.8 Å². The van der Waals surface area contributed by atoms with Gasteiger partial charge in [-0.25, -0.2) is 0 Å². The fourth-order valence-corrected chi connectivity index (χ4v) is 2.85. The van der Waals surface area contributed by atoms with Crippen molar-refractivity contribution >= 4 is 0 Å². The van der Waals surface area contributed by atoms with Gasteiger partial charge in [0.15, 0.2) is 0 Å². The molecule has 1 fully saturated rings. The van der Waals surface area contributed by atoms with Gasteiger partial charge in [0.2, 0.25) is 0 Å². The zero-order chi connectivity index (χ0) is 14.8. The summed E-state index contributed by atoms with van der Waals surface area (Å²) >= 11 is 0. The normalized spacial score (nSPS) is 26.8. The highest BCUT2D eigenvalue weighted by molar-refractivity contribution is 5.28. The predicted octanol–water partition coefficient (Wildman–Crippen LogP) is 2.62. The van der Waals surface area contributed by atoms with E-state index in [-0.39, 0.29) is 11.2 Å². The summed E-state index contributed by atoms with van der Waals surface area (Å²) in [5, 5.41) is 10.1. The maximum absolute atomic E-state index is 12.1. The molecule has 0 radical (unpaired) electrons. The summed E-state index contributed by atoms with van der Waals surface area (Å²) in [5.41, 5.74) is 6.28. The van der Waals surface area contributed by atoms with Crippen LogP contribution in [0.3, 0.4) is 0 Å². The molecule has 1 aliphatic rings. The molecule has 2 rings (SSSR count). The van der Waals surface area contributed by atoms with Gasteiger partial charge in [0.1, 0.15) is 5.75 Å². The van der Waals surface area contributed by atoms with Gasteiger partial charge in [-0.3, -0.25) is 0 Å². The van der Waals surface area contributed by atoms with Crippen LogP contribution in [0.5, 0.6) is 5.75 Å². The standard InChI is InChI=1S/C14H18F3NO2/c15-14(16,17)20-11-5-3-10(4-6-11)8-13(9-18)7-1-2-12(13)19/h3-6,12,19H,1-2,7-9,18H2. The lowest BCUT2D eigenvalue weighted by atomic mass is 9.78. The van der Waals surface area contributed by atoms with Crippen LogP contribution in [0.25, 0.3) is 0 Å². The lowest BCUT2D eigenvalue weighted by Crippen LogP contribution is -2.39. The van der Waals surface area contributed by atoms with Crippen LogP contribution in [0.1, 0.15) is 24.8 Å². The molecular formula is C14H18F3NO2. The number of nitrogens with two attached hydrogens (primary N) is 1. The monoisotopic (exact) mass is 289 g/mol. The number of aliphatic hydroxyl groups is 1. The minimum Gasteiger partial charge on any atom is -0.406 e. The Morgan fingerprint density at radius 2 is 1.95 bits per heavy atom. The van der Waals surface area contributed by atoms with Crippen LogP contribution in [-0.4, -0.2) is 24.1 Å². The second-order valence-corrected chi connectivity index (χ2v) is 5.34. The topological polar surface area (TPSA) is 55.5 Å². The Hall–Kier alpha value is -1.27. The van der Waals surface area contributed by atoms with Crippen molar-refractivity contribution in [2.24, 2.45) is 11.1 Å². The van der Waals surface area contributed by atoms with E-state index in [2.05, 4.69) is 4.74 Å². The number of alkyl halides is 3. The second kappa shape index (κ2) is 5.61.